The van der Waals surface area contributed by atoms with Crippen molar-refractivity contribution in [1.29, 1.82) is 0 Å². The SMILES string of the molecule is CCNC(=NCc1cccnc1OC)N1CCS(=O)(=O)C(C)(C)C1.I. The molecule has 2 rings (SSSR count). The van der Waals surface area contributed by atoms with E-state index in [2.05, 4.69) is 15.3 Å². The Morgan fingerprint density at radius 3 is 2.80 bits per heavy atom. The summed E-state index contributed by atoms with van der Waals surface area (Å²) >= 11 is 0. The number of pyridine rings is 1. The molecule has 1 saturated heterocycles. The highest BCUT2D eigenvalue weighted by atomic mass is 127. The molecule has 9 heteroatoms. The van der Waals surface area contributed by atoms with E-state index in [9.17, 15) is 8.42 Å². The van der Waals surface area contributed by atoms with Gasteiger partial charge in [0.1, 0.15) is 0 Å². The molecule has 7 nitrogen and oxygen atoms in total. The molecule has 0 radical (unpaired) electrons. The lowest BCUT2D eigenvalue weighted by Crippen LogP contribution is -2.57. The minimum Gasteiger partial charge on any atom is -0.481 e. The third-order valence-corrected chi connectivity index (χ3v) is 6.65. The first-order chi connectivity index (χ1) is 11.3. The van der Waals surface area contributed by atoms with Crippen molar-refractivity contribution in [1.82, 2.24) is 15.2 Å². The normalized spacial score (nSPS) is 19.0. The van der Waals surface area contributed by atoms with Crippen molar-refractivity contribution in [3.05, 3.63) is 23.9 Å². The second kappa shape index (κ2) is 9.02. The zero-order valence-corrected chi connectivity index (χ0v) is 18.3. The number of sulfone groups is 1. The number of hydrogen-bond donors (Lipinski definition) is 1. The lowest BCUT2D eigenvalue weighted by Gasteiger charge is -2.39. The summed E-state index contributed by atoms with van der Waals surface area (Å²) in [6, 6.07) is 3.76. The fraction of sp³-hybridized carbons (Fsp3) is 0.625. The quantitative estimate of drug-likeness (QED) is 0.400. The van der Waals surface area contributed by atoms with Crippen LogP contribution in [0.5, 0.6) is 5.88 Å². The van der Waals surface area contributed by atoms with Crippen molar-refractivity contribution >= 4 is 39.8 Å². The number of methoxy groups -OCH3 is 1. The van der Waals surface area contributed by atoms with Gasteiger partial charge < -0.3 is 15.0 Å². The Bertz CT molecular complexity index is 707. The topological polar surface area (TPSA) is 83.9 Å². The van der Waals surface area contributed by atoms with Gasteiger partial charge in [-0.3, -0.25) is 0 Å². The highest BCUT2D eigenvalue weighted by Crippen LogP contribution is 2.24. The molecule has 0 unspecified atom stereocenters. The van der Waals surface area contributed by atoms with E-state index in [0.29, 0.717) is 38.0 Å². The van der Waals surface area contributed by atoms with Gasteiger partial charge in [-0.2, -0.15) is 0 Å². The summed E-state index contributed by atoms with van der Waals surface area (Å²) in [4.78, 5) is 10.8. The van der Waals surface area contributed by atoms with Crippen molar-refractivity contribution in [3.63, 3.8) is 0 Å². The molecule has 0 aromatic carbocycles. The van der Waals surface area contributed by atoms with Crippen LogP contribution in [0.15, 0.2) is 23.3 Å². The number of guanidine groups is 1. The fourth-order valence-corrected chi connectivity index (χ4v) is 4.00. The molecule has 2 heterocycles. The van der Waals surface area contributed by atoms with E-state index in [4.69, 9.17) is 4.74 Å². The Balaban J connectivity index is 0.00000312. The van der Waals surface area contributed by atoms with Crippen molar-refractivity contribution < 1.29 is 13.2 Å². The minimum atomic E-state index is -3.07. The molecule has 0 saturated carbocycles. The zero-order chi connectivity index (χ0) is 17.8. The maximum Gasteiger partial charge on any atom is 0.218 e. The molecule has 142 valence electrons. The second-order valence-electron chi connectivity index (χ2n) is 6.34. The van der Waals surface area contributed by atoms with Gasteiger partial charge in [0.05, 0.1) is 24.2 Å². The Morgan fingerprint density at radius 1 is 1.48 bits per heavy atom. The first kappa shape index (κ1) is 21.9. The van der Waals surface area contributed by atoms with Crippen LogP contribution < -0.4 is 10.1 Å². The molecule has 1 N–H and O–H groups in total. The van der Waals surface area contributed by atoms with Crippen LogP contribution in [0.2, 0.25) is 0 Å². The van der Waals surface area contributed by atoms with Gasteiger partial charge in [0.25, 0.3) is 0 Å². The Kier molecular flexibility index (Phi) is 7.91. The van der Waals surface area contributed by atoms with Crippen molar-refractivity contribution in [2.75, 3.05) is 32.5 Å². The summed E-state index contributed by atoms with van der Waals surface area (Å²) in [6.45, 7) is 7.53. The van der Waals surface area contributed by atoms with Gasteiger partial charge in [-0.05, 0) is 26.8 Å². The van der Waals surface area contributed by atoms with E-state index < -0.39 is 14.6 Å². The number of ether oxygens (including phenoxy) is 1. The highest BCUT2D eigenvalue weighted by molar-refractivity contribution is 14.0. The monoisotopic (exact) mass is 482 g/mol. The molecule has 0 atom stereocenters. The number of rotatable bonds is 4. The van der Waals surface area contributed by atoms with Crippen LogP contribution in [0.1, 0.15) is 26.3 Å². The number of aromatic nitrogens is 1. The molecular formula is C16H27IN4O3S. The van der Waals surface area contributed by atoms with Gasteiger partial charge in [0, 0.05) is 31.4 Å². The predicted molar refractivity (Wildman–Crippen MR) is 110 cm³/mol. The summed E-state index contributed by atoms with van der Waals surface area (Å²) in [5, 5.41) is 3.25. The van der Waals surface area contributed by atoms with E-state index in [1.165, 1.54) is 0 Å². The van der Waals surface area contributed by atoms with Gasteiger partial charge >= 0.3 is 0 Å². The van der Waals surface area contributed by atoms with Crippen molar-refractivity contribution in [2.45, 2.75) is 32.1 Å². The molecule has 0 bridgehead atoms. The summed E-state index contributed by atoms with van der Waals surface area (Å²) in [7, 11) is -1.49. The summed E-state index contributed by atoms with van der Waals surface area (Å²) in [5.74, 6) is 1.41. The van der Waals surface area contributed by atoms with Crippen LogP contribution in [0.25, 0.3) is 0 Å². The molecule has 1 aliphatic heterocycles. The fourth-order valence-electron chi connectivity index (χ4n) is 2.64. The van der Waals surface area contributed by atoms with Crippen LogP contribution in [0.4, 0.5) is 0 Å². The molecule has 0 amide bonds. The Labute approximate surface area is 167 Å². The third-order valence-electron chi connectivity index (χ3n) is 4.12. The molecule has 1 aromatic rings. The largest absolute Gasteiger partial charge is 0.481 e. The van der Waals surface area contributed by atoms with Crippen molar-refractivity contribution in [3.8, 4) is 5.88 Å². The smallest absolute Gasteiger partial charge is 0.218 e. The summed E-state index contributed by atoms with van der Waals surface area (Å²) in [5.41, 5.74) is 0.888. The maximum absolute atomic E-state index is 12.2. The van der Waals surface area contributed by atoms with E-state index in [0.717, 1.165) is 5.56 Å². The van der Waals surface area contributed by atoms with Crippen LogP contribution in [0, 0.1) is 0 Å². The van der Waals surface area contributed by atoms with Crippen LogP contribution in [0.3, 0.4) is 0 Å². The van der Waals surface area contributed by atoms with E-state index in [1.54, 1.807) is 27.2 Å². The van der Waals surface area contributed by atoms with Crippen molar-refractivity contribution in [2.24, 2.45) is 4.99 Å². The van der Waals surface area contributed by atoms with Gasteiger partial charge in [-0.15, -0.1) is 24.0 Å². The number of aliphatic imine (C=N–C) groups is 1. The van der Waals surface area contributed by atoms with E-state index >= 15 is 0 Å². The van der Waals surface area contributed by atoms with Gasteiger partial charge in [0.2, 0.25) is 5.88 Å². The average molecular weight is 482 g/mol. The van der Waals surface area contributed by atoms with E-state index in [-0.39, 0.29) is 29.7 Å². The lowest BCUT2D eigenvalue weighted by molar-refractivity contribution is 0.353. The van der Waals surface area contributed by atoms with Gasteiger partial charge in [0.15, 0.2) is 15.8 Å². The minimum absolute atomic E-state index is 0. The first-order valence-corrected chi connectivity index (χ1v) is 9.69. The van der Waals surface area contributed by atoms with E-state index in [1.807, 2.05) is 24.0 Å². The lowest BCUT2D eigenvalue weighted by atomic mass is 10.2. The van der Waals surface area contributed by atoms with Gasteiger partial charge in [-0.1, -0.05) is 6.07 Å². The van der Waals surface area contributed by atoms with Crippen LogP contribution in [-0.2, 0) is 16.4 Å². The third kappa shape index (κ3) is 5.19. The van der Waals surface area contributed by atoms with Crippen LogP contribution >= 0.6 is 24.0 Å². The number of hydrogen-bond acceptors (Lipinski definition) is 5. The van der Waals surface area contributed by atoms with Crippen LogP contribution in [-0.4, -0.2) is 61.5 Å². The highest BCUT2D eigenvalue weighted by Gasteiger charge is 2.40. The number of nitrogens with zero attached hydrogens (tertiary/aromatic N) is 3. The Morgan fingerprint density at radius 2 is 2.20 bits per heavy atom. The maximum atomic E-state index is 12.2. The molecule has 25 heavy (non-hydrogen) atoms. The summed E-state index contributed by atoms with van der Waals surface area (Å²) < 4.78 is 28.8. The number of halogens is 1. The number of nitrogens with one attached hydrogen (secondary N) is 1. The molecule has 1 aromatic heterocycles. The zero-order valence-electron chi connectivity index (χ0n) is 15.2. The average Bonchev–Trinajstić information content (AvgIpc) is 2.54. The summed E-state index contributed by atoms with van der Waals surface area (Å²) in [6.07, 6.45) is 1.68. The predicted octanol–water partition coefficient (Wildman–Crippen LogP) is 1.68. The molecule has 1 fully saturated rings. The molecule has 0 spiro atoms. The van der Waals surface area contributed by atoms with Gasteiger partial charge in [-0.25, -0.2) is 18.4 Å². The Hall–Kier alpha value is -1.10. The molecular weight excluding hydrogens is 455 g/mol. The first-order valence-electron chi connectivity index (χ1n) is 8.04. The molecule has 0 aliphatic carbocycles. The molecule has 1 aliphatic rings. The second-order valence-corrected chi connectivity index (χ2v) is 9.09. The standard InChI is InChI=1S/C16H26N4O3S.HI/c1-5-17-15(19-11-13-7-6-8-18-14(13)23-4)20-9-10-24(21,22)16(2,3)12-20;/h6-8H,5,9-12H2,1-4H3,(H,17,19);1H.